The van der Waals surface area contributed by atoms with Crippen LogP contribution in [0, 0.1) is 10.1 Å². The molecule has 0 aliphatic rings. The Balaban J connectivity index is 1.97. The standard InChI is InChI=1S/C14H11N5O3/c1-22-11-3-2-9-4-5-15-13(12(9)6-11)18-14-16-7-10(8-17-14)19(20)21/h2-8H,1H3,(H,15,16,17,18). The van der Waals surface area contributed by atoms with Crippen LogP contribution in [0.5, 0.6) is 5.75 Å². The summed E-state index contributed by atoms with van der Waals surface area (Å²) in [5.74, 6) is 1.48. The molecule has 0 radical (unpaired) electrons. The number of nitrogens with one attached hydrogen (secondary N) is 1. The fourth-order valence-corrected chi connectivity index (χ4v) is 1.96. The molecule has 0 saturated carbocycles. The third kappa shape index (κ3) is 2.62. The summed E-state index contributed by atoms with van der Waals surface area (Å²) in [6.07, 6.45) is 3.94. The lowest BCUT2D eigenvalue weighted by Crippen LogP contribution is -2.00. The van der Waals surface area contributed by atoms with Crippen LogP contribution in [0.25, 0.3) is 10.8 Å². The van der Waals surface area contributed by atoms with Gasteiger partial charge in [-0.3, -0.25) is 10.1 Å². The summed E-state index contributed by atoms with van der Waals surface area (Å²) >= 11 is 0. The monoisotopic (exact) mass is 297 g/mol. The maximum atomic E-state index is 10.6. The number of methoxy groups -OCH3 is 1. The highest BCUT2D eigenvalue weighted by Gasteiger charge is 2.09. The van der Waals surface area contributed by atoms with Crippen LogP contribution in [0.3, 0.4) is 0 Å². The van der Waals surface area contributed by atoms with E-state index >= 15 is 0 Å². The van der Waals surface area contributed by atoms with Gasteiger partial charge in [0.25, 0.3) is 0 Å². The zero-order chi connectivity index (χ0) is 15.5. The minimum Gasteiger partial charge on any atom is -0.497 e. The zero-order valence-corrected chi connectivity index (χ0v) is 11.6. The van der Waals surface area contributed by atoms with Gasteiger partial charge >= 0.3 is 5.69 Å². The average Bonchev–Trinajstić information content (AvgIpc) is 2.55. The molecule has 110 valence electrons. The minimum absolute atomic E-state index is 0.168. The number of ether oxygens (including phenoxy) is 1. The van der Waals surface area contributed by atoms with Gasteiger partial charge in [0.05, 0.1) is 12.0 Å². The first kappa shape index (κ1) is 13.7. The Bertz CT molecular complexity index is 836. The van der Waals surface area contributed by atoms with Crippen molar-refractivity contribution in [3.8, 4) is 5.75 Å². The van der Waals surface area contributed by atoms with Gasteiger partial charge in [-0.2, -0.15) is 0 Å². The molecule has 2 aromatic heterocycles. The van der Waals surface area contributed by atoms with Crippen molar-refractivity contribution >= 4 is 28.2 Å². The van der Waals surface area contributed by atoms with Crippen molar-refractivity contribution < 1.29 is 9.66 Å². The third-order valence-electron chi connectivity index (χ3n) is 3.05. The first-order valence-electron chi connectivity index (χ1n) is 6.33. The van der Waals surface area contributed by atoms with E-state index < -0.39 is 4.92 Å². The molecule has 3 rings (SSSR count). The number of benzene rings is 1. The molecule has 0 aliphatic carbocycles. The molecule has 22 heavy (non-hydrogen) atoms. The number of aromatic nitrogens is 3. The highest BCUT2D eigenvalue weighted by Crippen LogP contribution is 2.27. The molecule has 0 spiro atoms. The molecular formula is C14H11N5O3. The third-order valence-corrected chi connectivity index (χ3v) is 3.05. The van der Waals surface area contributed by atoms with Crippen LogP contribution in [0.15, 0.2) is 42.9 Å². The van der Waals surface area contributed by atoms with E-state index in [9.17, 15) is 10.1 Å². The first-order chi connectivity index (χ1) is 10.7. The van der Waals surface area contributed by atoms with Crippen molar-refractivity contribution in [2.45, 2.75) is 0 Å². The lowest BCUT2D eigenvalue weighted by atomic mass is 10.1. The van der Waals surface area contributed by atoms with E-state index in [4.69, 9.17) is 4.74 Å². The van der Waals surface area contributed by atoms with Crippen LogP contribution in [-0.2, 0) is 0 Å². The maximum absolute atomic E-state index is 10.6. The molecule has 0 atom stereocenters. The van der Waals surface area contributed by atoms with Crippen molar-refractivity contribution in [1.29, 1.82) is 0 Å². The summed E-state index contributed by atoms with van der Waals surface area (Å²) in [4.78, 5) is 22.1. The molecule has 3 aromatic rings. The summed E-state index contributed by atoms with van der Waals surface area (Å²) in [5, 5.41) is 15.4. The number of nitrogens with zero attached hydrogens (tertiary/aromatic N) is 4. The summed E-state index contributed by atoms with van der Waals surface area (Å²) in [6, 6.07) is 7.49. The Morgan fingerprint density at radius 1 is 1.18 bits per heavy atom. The van der Waals surface area contributed by atoms with Gasteiger partial charge in [-0.1, -0.05) is 6.07 Å². The molecule has 0 saturated heterocycles. The smallest absolute Gasteiger partial charge is 0.305 e. The molecule has 1 aromatic carbocycles. The number of hydrogen-bond acceptors (Lipinski definition) is 7. The zero-order valence-electron chi connectivity index (χ0n) is 11.6. The fourth-order valence-electron chi connectivity index (χ4n) is 1.96. The van der Waals surface area contributed by atoms with Crippen molar-refractivity contribution in [1.82, 2.24) is 15.0 Å². The summed E-state index contributed by atoms with van der Waals surface area (Å²) in [5.41, 5.74) is -0.168. The number of pyridine rings is 1. The fraction of sp³-hybridized carbons (Fsp3) is 0.0714. The van der Waals surface area contributed by atoms with Crippen LogP contribution >= 0.6 is 0 Å². The van der Waals surface area contributed by atoms with Crippen LogP contribution in [-0.4, -0.2) is 27.0 Å². The van der Waals surface area contributed by atoms with E-state index in [1.54, 1.807) is 13.3 Å². The van der Waals surface area contributed by atoms with Crippen LogP contribution in [0.1, 0.15) is 0 Å². The second kappa shape index (κ2) is 5.60. The number of fused-ring (bicyclic) bond motifs is 1. The van der Waals surface area contributed by atoms with E-state index in [0.29, 0.717) is 11.6 Å². The van der Waals surface area contributed by atoms with Gasteiger partial charge in [0.15, 0.2) is 0 Å². The molecule has 0 bridgehead atoms. The Labute approximate surface area is 125 Å². The highest BCUT2D eigenvalue weighted by molar-refractivity contribution is 5.93. The van der Waals surface area contributed by atoms with Gasteiger partial charge in [0, 0.05) is 11.6 Å². The van der Waals surface area contributed by atoms with Crippen LogP contribution in [0.4, 0.5) is 17.5 Å². The predicted molar refractivity (Wildman–Crippen MR) is 80.3 cm³/mol. The number of rotatable bonds is 4. The SMILES string of the molecule is COc1ccc2ccnc(Nc3ncc([N+](=O)[O-])cn3)c2c1. The van der Waals surface area contributed by atoms with Gasteiger partial charge in [-0.05, 0) is 23.6 Å². The topological polar surface area (TPSA) is 103 Å². The Morgan fingerprint density at radius 2 is 1.95 bits per heavy atom. The quantitative estimate of drug-likeness (QED) is 0.583. The van der Waals surface area contributed by atoms with Crippen molar-refractivity contribution in [2.75, 3.05) is 12.4 Å². The lowest BCUT2D eigenvalue weighted by Gasteiger charge is -2.08. The van der Waals surface area contributed by atoms with Crippen LogP contribution < -0.4 is 10.1 Å². The predicted octanol–water partition coefficient (Wildman–Crippen LogP) is 2.69. The molecule has 0 unspecified atom stereocenters. The molecule has 0 fully saturated rings. The second-order valence-corrected chi connectivity index (χ2v) is 4.39. The number of anilines is 2. The molecule has 8 nitrogen and oxygen atoms in total. The normalized spacial score (nSPS) is 10.4. The van der Waals surface area contributed by atoms with E-state index in [1.807, 2.05) is 24.3 Å². The number of hydrogen-bond donors (Lipinski definition) is 1. The molecule has 8 heteroatoms. The van der Waals surface area contributed by atoms with E-state index in [-0.39, 0.29) is 11.6 Å². The Kier molecular flexibility index (Phi) is 3.48. The molecule has 0 amide bonds. The van der Waals surface area contributed by atoms with Crippen molar-refractivity contribution in [3.05, 3.63) is 53.0 Å². The van der Waals surface area contributed by atoms with Gasteiger partial charge in [-0.15, -0.1) is 0 Å². The summed E-state index contributed by atoms with van der Waals surface area (Å²) in [7, 11) is 1.59. The number of nitro groups is 1. The first-order valence-corrected chi connectivity index (χ1v) is 6.33. The highest BCUT2D eigenvalue weighted by atomic mass is 16.6. The average molecular weight is 297 g/mol. The van der Waals surface area contributed by atoms with Gasteiger partial charge in [-0.25, -0.2) is 15.0 Å². The summed E-state index contributed by atoms with van der Waals surface area (Å²) in [6.45, 7) is 0. The summed E-state index contributed by atoms with van der Waals surface area (Å²) < 4.78 is 5.21. The minimum atomic E-state index is -0.551. The molecular weight excluding hydrogens is 286 g/mol. The lowest BCUT2D eigenvalue weighted by molar-refractivity contribution is -0.385. The Hall–Kier alpha value is -3.29. The largest absolute Gasteiger partial charge is 0.497 e. The van der Waals surface area contributed by atoms with E-state index in [1.165, 1.54) is 0 Å². The van der Waals surface area contributed by atoms with E-state index in [2.05, 4.69) is 20.3 Å². The van der Waals surface area contributed by atoms with Gasteiger partial charge < -0.3 is 10.1 Å². The second-order valence-electron chi connectivity index (χ2n) is 4.39. The molecule has 1 N–H and O–H groups in total. The maximum Gasteiger partial charge on any atom is 0.305 e. The van der Waals surface area contributed by atoms with Gasteiger partial charge in [0.1, 0.15) is 24.0 Å². The molecule has 0 aliphatic heterocycles. The molecule has 2 heterocycles. The Morgan fingerprint density at radius 3 is 2.64 bits per heavy atom. The van der Waals surface area contributed by atoms with Crippen molar-refractivity contribution in [3.63, 3.8) is 0 Å². The van der Waals surface area contributed by atoms with Crippen molar-refractivity contribution in [2.24, 2.45) is 0 Å². The van der Waals surface area contributed by atoms with E-state index in [0.717, 1.165) is 23.2 Å². The van der Waals surface area contributed by atoms with Gasteiger partial charge in [0.2, 0.25) is 5.95 Å². The van der Waals surface area contributed by atoms with Crippen LogP contribution in [0.2, 0.25) is 0 Å².